The topological polar surface area (TPSA) is 127 Å². The summed E-state index contributed by atoms with van der Waals surface area (Å²) in [7, 11) is 3.88. The highest BCUT2D eigenvalue weighted by Gasteiger charge is 2.36. The number of carbonyl (C=O) groups excluding carboxylic acids is 3. The zero-order valence-electron chi connectivity index (χ0n) is 29.5. The molecule has 0 saturated carbocycles. The van der Waals surface area contributed by atoms with Crippen molar-refractivity contribution in [1.82, 2.24) is 29.6 Å². The fourth-order valence-corrected chi connectivity index (χ4v) is 7.93. The van der Waals surface area contributed by atoms with Crippen molar-refractivity contribution in [2.75, 3.05) is 83.3 Å². The van der Waals surface area contributed by atoms with Crippen molar-refractivity contribution in [3.05, 3.63) is 53.1 Å². The molecule has 3 aromatic rings. The van der Waals surface area contributed by atoms with Crippen LogP contribution in [-0.2, 0) is 27.1 Å². The Hall–Kier alpha value is -4.36. The van der Waals surface area contributed by atoms with Crippen molar-refractivity contribution in [2.24, 2.45) is 0 Å². The van der Waals surface area contributed by atoms with Gasteiger partial charge in [0.05, 0.1) is 11.0 Å². The number of fused-ring (bicyclic) bond motifs is 2. The number of piperazine rings is 1. The molecule has 0 bridgehead atoms. The summed E-state index contributed by atoms with van der Waals surface area (Å²) in [4.78, 5) is 59.0. The number of likely N-dealkylation sites (tertiary alicyclic amines) is 1. The van der Waals surface area contributed by atoms with Gasteiger partial charge in [-0.25, -0.2) is 14.6 Å². The third-order valence-corrected chi connectivity index (χ3v) is 10.8. The first-order valence-corrected chi connectivity index (χ1v) is 18.1. The van der Waals surface area contributed by atoms with E-state index < -0.39 is 12.2 Å². The van der Waals surface area contributed by atoms with E-state index in [1.165, 1.54) is 0 Å². The van der Waals surface area contributed by atoms with Gasteiger partial charge >= 0.3 is 12.1 Å². The predicted octanol–water partition coefficient (Wildman–Crippen LogP) is 3.86. The highest BCUT2D eigenvalue weighted by Crippen LogP contribution is 2.27. The number of nitrogens with one attached hydrogen (secondary N) is 2. The maximum absolute atomic E-state index is 14.2. The third-order valence-electron chi connectivity index (χ3n) is 10.8. The number of rotatable bonds is 7. The number of ether oxygens (including phenoxy) is 2. The van der Waals surface area contributed by atoms with E-state index >= 15 is 0 Å². The minimum atomic E-state index is -0.964. The smallest absolute Gasteiger partial charge is 0.410 e. The summed E-state index contributed by atoms with van der Waals surface area (Å²) in [6, 6.07) is 12.4. The zero-order valence-corrected chi connectivity index (χ0v) is 29.5. The molecule has 50 heavy (non-hydrogen) atoms. The van der Waals surface area contributed by atoms with Gasteiger partial charge in [0.1, 0.15) is 0 Å². The van der Waals surface area contributed by atoms with Gasteiger partial charge in [-0.05, 0) is 67.9 Å². The lowest BCUT2D eigenvalue weighted by molar-refractivity contribution is -0.143. The van der Waals surface area contributed by atoms with Crippen LogP contribution in [0.3, 0.4) is 0 Å². The maximum Gasteiger partial charge on any atom is 0.410 e. The average Bonchev–Trinajstić information content (AvgIpc) is 3.50. The minimum Gasteiger partial charge on any atom is -0.436 e. The second-order valence-electron chi connectivity index (χ2n) is 14.3. The van der Waals surface area contributed by atoms with Gasteiger partial charge in [0, 0.05) is 97.3 Å². The summed E-state index contributed by atoms with van der Waals surface area (Å²) in [5.41, 5.74) is 5.67. The molecule has 3 fully saturated rings. The van der Waals surface area contributed by atoms with Crippen LogP contribution < -0.4 is 10.2 Å². The Morgan fingerprint density at radius 3 is 2.44 bits per heavy atom. The van der Waals surface area contributed by atoms with Gasteiger partial charge in [0.25, 0.3) is 5.91 Å². The van der Waals surface area contributed by atoms with E-state index in [-0.39, 0.29) is 24.4 Å². The van der Waals surface area contributed by atoms with Crippen molar-refractivity contribution in [3.63, 3.8) is 0 Å². The SMILES string of the molecule is Cc1cc(CC(OC(=O)N2CCC(N3CCc4ccccc4NC3=O)CC2)C(=O)N2CCN(C3CCOCC3)CC2)cc2nc(N(C)C)[nH]c12. The van der Waals surface area contributed by atoms with Gasteiger partial charge in [0.15, 0.2) is 6.10 Å². The number of imidazole rings is 1. The molecule has 0 radical (unpaired) electrons. The largest absolute Gasteiger partial charge is 0.436 e. The Kier molecular flexibility index (Phi) is 10.1. The van der Waals surface area contributed by atoms with E-state index in [1.54, 1.807) is 4.90 Å². The van der Waals surface area contributed by atoms with Crippen LogP contribution >= 0.6 is 0 Å². The maximum atomic E-state index is 14.2. The number of urea groups is 1. The highest BCUT2D eigenvalue weighted by molar-refractivity contribution is 5.91. The first kappa shape index (κ1) is 34.1. The van der Waals surface area contributed by atoms with Crippen LogP contribution in [0.15, 0.2) is 36.4 Å². The van der Waals surface area contributed by atoms with Gasteiger partial charge in [0.2, 0.25) is 5.95 Å². The second kappa shape index (κ2) is 14.9. The summed E-state index contributed by atoms with van der Waals surface area (Å²) in [6.45, 7) is 7.93. The third kappa shape index (κ3) is 7.39. The number of hydrogen-bond acceptors (Lipinski definition) is 8. The van der Waals surface area contributed by atoms with E-state index in [2.05, 4.69) is 21.3 Å². The standard InChI is InChI=1S/C37H50N8O5/c1-25-22-26(23-31-33(25)40-35(38-31)41(2)3)24-32(34(46)43-18-16-42(17-19-43)28-11-20-49-21-12-28)50-37(48)44-13-9-29(10-14-44)45-15-8-27-6-4-5-7-30(27)39-36(45)47/h4-7,22-23,28-29,32H,8-21,24H2,1-3H3,(H,38,40)(H,39,47). The first-order valence-electron chi connectivity index (χ1n) is 18.1. The molecule has 4 aliphatic rings. The van der Waals surface area contributed by atoms with Crippen molar-refractivity contribution < 1.29 is 23.9 Å². The monoisotopic (exact) mass is 686 g/mol. The molecular formula is C37H50N8O5. The molecule has 2 aromatic carbocycles. The molecule has 13 nitrogen and oxygen atoms in total. The Morgan fingerprint density at radius 2 is 1.70 bits per heavy atom. The molecular weight excluding hydrogens is 636 g/mol. The summed E-state index contributed by atoms with van der Waals surface area (Å²) in [6.07, 6.45) is 2.93. The number of aromatic nitrogens is 2. The Morgan fingerprint density at radius 1 is 0.960 bits per heavy atom. The van der Waals surface area contributed by atoms with Crippen LogP contribution in [0.4, 0.5) is 21.2 Å². The van der Waals surface area contributed by atoms with E-state index in [9.17, 15) is 14.4 Å². The van der Waals surface area contributed by atoms with E-state index in [1.807, 2.05) is 66.1 Å². The van der Waals surface area contributed by atoms with Crippen LogP contribution in [0.1, 0.15) is 42.4 Å². The lowest BCUT2D eigenvalue weighted by atomic mass is 10.0. The normalized spacial score (nSPS) is 20.3. The average molecular weight is 687 g/mol. The molecule has 13 heteroatoms. The summed E-state index contributed by atoms with van der Waals surface area (Å²) >= 11 is 0. The number of piperidine rings is 1. The van der Waals surface area contributed by atoms with Crippen LogP contribution in [-0.4, -0.2) is 139 Å². The molecule has 3 saturated heterocycles. The second-order valence-corrected chi connectivity index (χ2v) is 14.3. The van der Waals surface area contributed by atoms with E-state index in [0.717, 1.165) is 84.9 Å². The lowest BCUT2D eigenvalue weighted by Crippen LogP contribution is -2.56. The molecule has 0 spiro atoms. The Bertz CT molecular complexity index is 1690. The van der Waals surface area contributed by atoms with Gasteiger partial charge in [-0.1, -0.05) is 24.3 Å². The van der Waals surface area contributed by atoms with Gasteiger partial charge in [-0.15, -0.1) is 0 Å². The van der Waals surface area contributed by atoms with Crippen LogP contribution in [0.25, 0.3) is 11.0 Å². The number of nitrogens with zero attached hydrogens (tertiary/aromatic N) is 6. The number of H-pyrrole nitrogens is 1. The van der Waals surface area contributed by atoms with Crippen molar-refractivity contribution in [1.29, 1.82) is 0 Å². The number of anilines is 2. The molecule has 1 aromatic heterocycles. The predicted molar refractivity (Wildman–Crippen MR) is 192 cm³/mol. The number of aryl methyl sites for hydroxylation is 1. The summed E-state index contributed by atoms with van der Waals surface area (Å²) in [5.74, 6) is 0.599. The number of amides is 4. The summed E-state index contributed by atoms with van der Waals surface area (Å²) < 4.78 is 11.7. The van der Waals surface area contributed by atoms with Crippen LogP contribution in [0.2, 0.25) is 0 Å². The number of aromatic amines is 1. The fraction of sp³-hybridized carbons (Fsp3) is 0.568. The van der Waals surface area contributed by atoms with Crippen molar-refractivity contribution in [3.8, 4) is 0 Å². The Labute approximate surface area is 293 Å². The minimum absolute atomic E-state index is 0.0217. The highest BCUT2D eigenvalue weighted by atomic mass is 16.6. The van der Waals surface area contributed by atoms with Crippen LogP contribution in [0, 0.1) is 6.92 Å². The first-order chi connectivity index (χ1) is 24.2. The molecule has 268 valence electrons. The van der Waals surface area contributed by atoms with Crippen LogP contribution in [0.5, 0.6) is 0 Å². The van der Waals surface area contributed by atoms with E-state index in [0.29, 0.717) is 51.6 Å². The molecule has 1 unspecified atom stereocenters. The molecule has 5 heterocycles. The number of carbonyl (C=O) groups is 3. The van der Waals surface area contributed by atoms with Crippen molar-refractivity contribution in [2.45, 2.75) is 63.6 Å². The molecule has 0 aliphatic carbocycles. The van der Waals surface area contributed by atoms with E-state index in [4.69, 9.17) is 14.5 Å². The van der Waals surface area contributed by atoms with Crippen molar-refractivity contribution >= 4 is 40.7 Å². The number of hydrogen-bond donors (Lipinski definition) is 2. The Balaban J connectivity index is 1.02. The molecule has 7 rings (SSSR count). The van der Waals surface area contributed by atoms with Gasteiger partial charge < -0.3 is 39.4 Å². The zero-order chi connectivity index (χ0) is 34.8. The van der Waals surface area contributed by atoms with Gasteiger partial charge in [-0.2, -0.15) is 0 Å². The molecule has 2 N–H and O–H groups in total. The lowest BCUT2D eigenvalue weighted by Gasteiger charge is -2.41. The number of para-hydroxylation sites is 1. The number of benzene rings is 2. The summed E-state index contributed by atoms with van der Waals surface area (Å²) in [5, 5.41) is 3.06. The quantitative estimate of drug-likeness (QED) is 0.384. The molecule has 4 aliphatic heterocycles. The fourth-order valence-electron chi connectivity index (χ4n) is 7.93. The molecule has 4 amide bonds. The molecule has 1 atom stereocenters. The van der Waals surface area contributed by atoms with Gasteiger partial charge in [-0.3, -0.25) is 9.69 Å².